The molecule has 3 aromatic rings. The second kappa shape index (κ2) is 9.37. The Balaban J connectivity index is 1.61. The Kier molecular flexibility index (Phi) is 6.43. The molecule has 154 valence electrons. The van der Waals surface area contributed by atoms with Crippen LogP contribution in [-0.4, -0.2) is 30.3 Å². The minimum atomic E-state index is -1.16. The topological polar surface area (TPSA) is 110 Å². The molecule has 0 saturated carbocycles. The van der Waals surface area contributed by atoms with Gasteiger partial charge in [0.2, 0.25) is 5.76 Å². The second-order valence-electron chi connectivity index (χ2n) is 5.98. The van der Waals surface area contributed by atoms with Gasteiger partial charge in [-0.15, -0.1) is 0 Å². The molecule has 0 aliphatic rings. The second-order valence-corrected chi connectivity index (χ2v) is 5.98. The highest BCUT2D eigenvalue weighted by Gasteiger charge is 2.11. The summed E-state index contributed by atoms with van der Waals surface area (Å²) in [5.74, 6) is -1.06. The van der Waals surface area contributed by atoms with Gasteiger partial charge in [0.15, 0.2) is 11.5 Å². The van der Waals surface area contributed by atoms with E-state index in [1.165, 1.54) is 49.7 Å². The van der Waals surface area contributed by atoms with Gasteiger partial charge in [-0.05, 0) is 60.2 Å². The molecule has 2 N–H and O–H groups in total. The molecule has 1 heterocycles. The zero-order valence-electron chi connectivity index (χ0n) is 15.8. The van der Waals surface area contributed by atoms with Gasteiger partial charge in [-0.3, -0.25) is 4.79 Å². The van der Waals surface area contributed by atoms with E-state index >= 15 is 0 Å². The van der Waals surface area contributed by atoms with Crippen molar-refractivity contribution in [2.75, 3.05) is 7.11 Å². The Morgan fingerprint density at radius 3 is 2.57 bits per heavy atom. The van der Waals surface area contributed by atoms with Crippen molar-refractivity contribution in [3.8, 4) is 11.5 Å². The van der Waals surface area contributed by atoms with Crippen molar-refractivity contribution in [3.05, 3.63) is 83.1 Å². The van der Waals surface area contributed by atoms with Crippen molar-refractivity contribution >= 4 is 18.1 Å². The number of halogens is 1. The zero-order valence-corrected chi connectivity index (χ0v) is 15.8. The number of methoxy groups -OCH3 is 1. The van der Waals surface area contributed by atoms with Crippen molar-refractivity contribution in [1.29, 1.82) is 0 Å². The molecular formula is C21H17FN2O6. The molecule has 0 fully saturated rings. The number of furan rings is 1. The predicted octanol–water partition coefficient (Wildman–Crippen LogP) is 3.47. The van der Waals surface area contributed by atoms with Crippen LogP contribution in [0.4, 0.5) is 4.39 Å². The van der Waals surface area contributed by atoms with Crippen LogP contribution in [0.1, 0.15) is 32.2 Å². The van der Waals surface area contributed by atoms with Gasteiger partial charge >= 0.3 is 5.97 Å². The van der Waals surface area contributed by atoms with E-state index in [4.69, 9.17) is 19.0 Å². The number of amides is 1. The third kappa shape index (κ3) is 5.22. The lowest BCUT2D eigenvalue weighted by molar-refractivity contribution is 0.0657. The molecule has 0 atom stereocenters. The van der Waals surface area contributed by atoms with E-state index in [1.807, 2.05) is 0 Å². The largest absolute Gasteiger partial charge is 0.493 e. The number of carbonyl (C=O) groups is 2. The normalized spacial score (nSPS) is 10.7. The van der Waals surface area contributed by atoms with Gasteiger partial charge in [-0.2, -0.15) is 5.10 Å². The van der Waals surface area contributed by atoms with Crippen LogP contribution in [0.3, 0.4) is 0 Å². The van der Waals surface area contributed by atoms with Gasteiger partial charge in [0.05, 0.1) is 13.3 Å². The first kappa shape index (κ1) is 20.6. The average Bonchev–Trinajstić information content (AvgIpc) is 3.22. The van der Waals surface area contributed by atoms with E-state index in [-0.39, 0.29) is 17.9 Å². The van der Waals surface area contributed by atoms with Crippen LogP contribution in [0, 0.1) is 5.82 Å². The SMILES string of the molecule is COc1cc(C=NNC(=O)c2ccc(F)cc2)ccc1OCc1ccc(C(=O)O)o1. The highest BCUT2D eigenvalue weighted by atomic mass is 19.1. The number of ether oxygens (including phenoxy) is 2. The molecule has 0 saturated heterocycles. The highest BCUT2D eigenvalue weighted by molar-refractivity contribution is 5.94. The lowest BCUT2D eigenvalue weighted by atomic mass is 10.2. The van der Waals surface area contributed by atoms with Crippen LogP contribution in [0.15, 0.2) is 64.1 Å². The summed E-state index contributed by atoms with van der Waals surface area (Å²) in [4.78, 5) is 22.8. The van der Waals surface area contributed by atoms with Gasteiger partial charge in [0.1, 0.15) is 18.2 Å². The van der Waals surface area contributed by atoms with Crippen molar-refractivity contribution in [1.82, 2.24) is 5.43 Å². The van der Waals surface area contributed by atoms with E-state index in [1.54, 1.807) is 18.2 Å². The maximum Gasteiger partial charge on any atom is 0.371 e. The van der Waals surface area contributed by atoms with Crippen molar-refractivity contribution in [3.63, 3.8) is 0 Å². The maximum absolute atomic E-state index is 12.9. The third-order valence-corrected chi connectivity index (χ3v) is 3.92. The number of hydrazone groups is 1. The molecule has 0 spiro atoms. The van der Waals surface area contributed by atoms with Gasteiger partial charge < -0.3 is 19.0 Å². The summed E-state index contributed by atoms with van der Waals surface area (Å²) in [7, 11) is 1.47. The van der Waals surface area contributed by atoms with Crippen LogP contribution < -0.4 is 14.9 Å². The molecule has 3 rings (SSSR count). The lowest BCUT2D eigenvalue weighted by Crippen LogP contribution is -2.17. The van der Waals surface area contributed by atoms with Gasteiger partial charge in [0.25, 0.3) is 5.91 Å². The fourth-order valence-electron chi connectivity index (χ4n) is 2.43. The van der Waals surface area contributed by atoms with Crippen LogP contribution in [0.25, 0.3) is 0 Å². The summed E-state index contributed by atoms with van der Waals surface area (Å²) in [6, 6.07) is 12.9. The van der Waals surface area contributed by atoms with Crippen LogP contribution in [-0.2, 0) is 6.61 Å². The van der Waals surface area contributed by atoms with Crippen LogP contribution in [0.5, 0.6) is 11.5 Å². The molecule has 0 aliphatic carbocycles. The summed E-state index contributed by atoms with van der Waals surface area (Å²) in [5, 5.41) is 12.7. The first-order valence-corrected chi connectivity index (χ1v) is 8.68. The third-order valence-electron chi connectivity index (χ3n) is 3.92. The number of carbonyl (C=O) groups excluding carboxylic acids is 1. The van der Waals surface area contributed by atoms with E-state index in [0.717, 1.165) is 0 Å². The summed E-state index contributed by atoms with van der Waals surface area (Å²) < 4.78 is 28.9. The molecule has 30 heavy (non-hydrogen) atoms. The van der Waals surface area contributed by atoms with E-state index in [9.17, 15) is 14.0 Å². The van der Waals surface area contributed by atoms with Crippen molar-refractivity contribution in [2.45, 2.75) is 6.61 Å². The number of hydrogen-bond donors (Lipinski definition) is 2. The minimum absolute atomic E-state index is 0.0187. The van der Waals surface area contributed by atoms with Gasteiger partial charge in [-0.1, -0.05) is 0 Å². The van der Waals surface area contributed by atoms with Crippen molar-refractivity contribution < 1.29 is 33.0 Å². The summed E-state index contributed by atoms with van der Waals surface area (Å²) in [6.07, 6.45) is 1.42. The van der Waals surface area contributed by atoms with Crippen molar-refractivity contribution in [2.24, 2.45) is 5.10 Å². The minimum Gasteiger partial charge on any atom is -0.493 e. The molecule has 1 amide bonds. The highest BCUT2D eigenvalue weighted by Crippen LogP contribution is 2.28. The fraction of sp³-hybridized carbons (Fsp3) is 0.0952. The van der Waals surface area contributed by atoms with E-state index < -0.39 is 17.7 Å². The number of nitrogens with one attached hydrogen (secondary N) is 1. The van der Waals surface area contributed by atoms with Crippen LogP contribution in [0.2, 0.25) is 0 Å². The summed E-state index contributed by atoms with van der Waals surface area (Å²) >= 11 is 0. The number of carboxylic acids is 1. The Bertz CT molecular complexity index is 1080. The molecule has 2 aromatic carbocycles. The summed E-state index contributed by atoms with van der Waals surface area (Å²) in [6.45, 7) is 0.0187. The number of carboxylic acid groups (broad SMARTS) is 1. The Morgan fingerprint density at radius 1 is 1.13 bits per heavy atom. The fourth-order valence-corrected chi connectivity index (χ4v) is 2.43. The maximum atomic E-state index is 12.9. The monoisotopic (exact) mass is 412 g/mol. The molecule has 0 bridgehead atoms. The number of rotatable bonds is 8. The van der Waals surface area contributed by atoms with E-state index in [0.29, 0.717) is 22.8 Å². The molecule has 9 heteroatoms. The number of nitrogens with zero attached hydrogens (tertiary/aromatic N) is 1. The first-order valence-electron chi connectivity index (χ1n) is 8.68. The summed E-state index contributed by atoms with van der Waals surface area (Å²) in [5.41, 5.74) is 3.26. The quantitative estimate of drug-likeness (QED) is 0.433. The van der Waals surface area contributed by atoms with E-state index in [2.05, 4.69) is 10.5 Å². The van der Waals surface area contributed by atoms with Crippen LogP contribution >= 0.6 is 0 Å². The Hall–Kier alpha value is -4.14. The van der Waals surface area contributed by atoms with Gasteiger partial charge in [-0.25, -0.2) is 14.6 Å². The predicted molar refractivity (Wildman–Crippen MR) is 104 cm³/mol. The smallest absolute Gasteiger partial charge is 0.371 e. The molecule has 0 unspecified atom stereocenters. The lowest BCUT2D eigenvalue weighted by Gasteiger charge is -2.10. The number of aromatic carboxylic acids is 1. The number of hydrogen-bond acceptors (Lipinski definition) is 6. The van der Waals surface area contributed by atoms with Gasteiger partial charge in [0, 0.05) is 5.56 Å². The Morgan fingerprint density at radius 2 is 1.90 bits per heavy atom. The molecule has 0 aliphatic heterocycles. The zero-order chi connectivity index (χ0) is 21.5. The Labute approximate surface area is 170 Å². The standard InChI is InChI=1S/C21H17FN2O6/c1-28-19-10-13(11-23-24-20(25)14-3-5-15(22)6-4-14)2-8-17(19)29-12-16-7-9-18(30-16)21(26)27/h2-11H,12H2,1H3,(H,24,25)(H,26,27). The molecule has 0 radical (unpaired) electrons. The molecule has 8 nitrogen and oxygen atoms in total. The first-order chi connectivity index (χ1) is 14.5. The molecule has 1 aromatic heterocycles. The number of benzene rings is 2. The average molecular weight is 412 g/mol. The molecular weight excluding hydrogens is 395 g/mol.